The number of rotatable bonds is 14. The predicted octanol–water partition coefficient (Wildman–Crippen LogP) is 1.65. The zero-order chi connectivity index (χ0) is 28.8. The lowest BCUT2D eigenvalue weighted by atomic mass is 10.0. The molecule has 0 aliphatic rings. The molecule has 0 aliphatic heterocycles. The summed E-state index contributed by atoms with van der Waals surface area (Å²) in [7, 11) is 0. The summed E-state index contributed by atoms with van der Waals surface area (Å²) in [6.07, 6.45) is -0.193. The molecular formula is C26H30O12. The summed E-state index contributed by atoms with van der Waals surface area (Å²) in [6, 6.07) is 3.33. The molecule has 0 spiro atoms. The van der Waals surface area contributed by atoms with E-state index in [2.05, 4.69) is 13.2 Å². The highest BCUT2D eigenvalue weighted by Crippen LogP contribution is 2.17. The molecule has 0 amide bonds. The van der Waals surface area contributed by atoms with Crippen molar-refractivity contribution in [1.29, 1.82) is 0 Å². The molecule has 0 aromatic heterocycles. The van der Waals surface area contributed by atoms with Crippen molar-refractivity contribution in [3.63, 3.8) is 0 Å². The molecule has 2 unspecified atom stereocenters. The van der Waals surface area contributed by atoms with Gasteiger partial charge in [0.2, 0.25) is 0 Å². The van der Waals surface area contributed by atoms with Gasteiger partial charge in [0.1, 0.15) is 38.6 Å². The Morgan fingerprint density at radius 2 is 1.24 bits per heavy atom. The SMILES string of the molecule is C=C(C)C(=O)OCC(O)COC(=O)c1ccc(C(=O)O/C=C\C)c(C(=O)OCC(O)COC(=O)C(=C)C)c1. The molecule has 12 nitrogen and oxygen atoms in total. The fourth-order valence-electron chi connectivity index (χ4n) is 2.40. The lowest BCUT2D eigenvalue weighted by Crippen LogP contribution is -2.26. The molecule has 2 atom stereocenters. The molecule has 0 radical (unpaired) electrons. The molecule has 2 N–H and O–H groups in total. The largest absolute Gasteiger partial charge is 0.459 e. The topological polar surface area (TPSA) is 172 Å². The van der Waals surface area contributed by atoms with Crippen molar-refractivity contribution < 1.29 is 57.9 Å². The number of carbonyl (C=O) groups excluding carboxylic acids is 5. The molecule has 38 heavy (non-hydrogen) atoms. The van der Waals surface area contributed by atoms with Crippen LogP contribution < -0.4 is 0 Å². The lowest BCUT2D eigenvalue weighted by molar-refractivity contribution is -0.143. The number of hydrogen-bond donors (Lipinski definition) is 2. The van der Waals surface area contributed by atoms with E-state index in [0.29, 0.717) is 0 Å². The second kappa shape index (κ2) is 15.7. The summed E-state index contributed by atoms with van der Waals surface area (Å²) in [5.41, 5.74) is -0.568. The van der Waals surface area contributed by atoms with E-state index in [1.165, 1.54) is 26.0 Å². The van der Waals surface area contributed by atoms with Crippen LogP contribution in [0.15, 0.2) is 54.8 Å². The maximum Gasteiger partial charge on any atom is 0.343 e. The molecule has 0 saturated carbocycles. The van der Waals surface area contributed by atoms with Crippen LogP contribution >= 0.6 is 0 Å². The van der Waals surface area contributed by atoms with Crippen molar-refractivity contribution in [2.24, 2.45) is 0 Å². The van der Waals surface area contributed by atoms with Gasteiger partial charge in [0.25, 0.3) is 0 Å². The Labute approximate surface area is 219 Å². The van der Waals surface area contributed by atoms with Gasteiger partial charge in [0.05, 0.1) is 23.0 Å². The molecule has 0 heterocycles. The van der Waals surface area contributed by atoms with Crippen molar-refractivity contribution in [3.8, 4) is 0 Å². The second-order valence-electron chi connectivity index (χ2n) is 7.90. The highest BCUT2D eigenvalue weighted by Gasteiger charge is 2.24. The maximum absolute atomic E-state index is 12.7. The van der Waals surface area contributed by atoms with Crippen molar-refractivity contribution in [3.05, 3.63) is 71.5 Å². The van der Waals surface area contributed by atoms with Gasteiger partial charge in [-0.25, -0.2) is 24.0 Å². The molecule has 0 fully saturated rings. The van der Waals surface area contributed by atoms with Gasteiger partial charge < -0.3 is 33.9 Å². The Morgan fingerprint density at radius 3 is 1.71 bits per heavy atom. The third-order valence-corrected chi connectivity index (χ3v) is 4.33. The Balaban J connectivity index is 2.95. The van der Waals surface area contributed by atoms with Crippen LogP contribution in [-0.2, 0) is 33.3 Å². The van der Waals surface area contributed by atoms with Gasteiger partial charge in [-0.1, -0.05) is 19.2 Å². The van der Waals surface area contributed by atoms with Crippen LogP contribution in [0.25, 0.3) is 0 Å². The van der Waals surface area contributed by atoms with Crippen molar-refractivity contribution in [2.75, 3.05) is 26.4 Å². The molecular weight excluding hydrogens is 504 g/mol. The Bertz CT molecular complexity index is 1100. The van der Waals surface area contributed by atoms with Crippen molar-refractivity contribution >= 4 is 29.8 Å². The zero-order valence-electron chi connectivity index (χ0n) is 21.3. The smallest absolute Gasteiger partial charge is 0.343 e. The highest BCUT2D eigenvalue weighted by atomic mass is 16.6. The number of ether oxygens (including phenoxy) is 5. The van der Waals surface area contributed by atoms with Gasteiger partial charge in [0.15, 0.2) is 0 Å². The van der Waals surface area contributed by atoms with Crippen LogP contribution in [0.2, 0.25) is 0 Å². The van der Waals surface area contributed by atoms with E-state index in [4.69, 9.17) is 23.7 Å². The van der Waals surface area contributed by atoms with Gasteiger partial charge in [-0.3, -0.25) is 0 Å². The van der Waals surface area contributed by atoms with Crippen molar-refractivity contribution in [2.45, 2.75) is 33.0 Å². The third-order valence-electron chi connectivity index (χ3n) is 4.33. The van der Waals surface area contributed by atoms with Crippen LogP contribution in [0.3, 0.4) is 0 Å². The highest BCUT2D eigenvalue weighted by molar-refractivity contribution is 6.05. The van der Waals surface area contributed by atoms with Crippen LogP contribution in [0, 0.1) is 0 Å². The van der Waals surface area contributed by atoms with E-state index in [9.17, 15) is 34.2 Å². The zero-order valence-corrected chi connectivity index (χ0v) is 21.3. The van der Waals surface area contributed by atoms with E-state index < -0.39 is 68.5 Å². The number of aliphatic hydroxyl groups is 2. The summed E-state index contributed by atoms with van der Waals surface area (Å²) in [5, 5.41) is 19.8. The number of allylic oxidation sites excluding steroid dienone is 1. The van der Waals surface area contributed by atoms with Crippen LogP contribution in [-0.4, -0.2) is 78.7 Å². The third kappa shape index (κ3) is 10.8. The fraction of sp³-hybridized carbons (Fsp3) is 0.346. The van der Waals surface area contributed by atoms with E-state index in [1.54, 1.807) is 6.92 Å². The first-order valence-corrected chi connectivity index (χ1v) is 11.2. The van der Waals surface area contributed by atoms with Gasteiger partial charge in [-0.05, 0) is 39.0 Å². The van der Waals surface area contributed by atoms with Crippen LogP contribution in [0.1, 0.15) is 51.8 Å². The van der Waals surface area contributed by atoms with Crippen LogP contribution in [0.4, 0.5) is 0 Å². The average Bonchev–Trinajstić information content (AvgIpc) is 2.89. The summed E-state index contributed by atoms with van der Waals surface area (Å²) in [6.45, 7) is 9.16. The molecule has 0 saturated heterocycles. The summed E-state index contributed by atoms with van der Waals surface area (Å²) < 4.78 is 24.4. The number of carbonyl (C=O) groups is 5. The first kappa shape index (κ1) is 31.7. The minimum Gasteiger partial charge on any atom is -0.459 e. The summed E-state index contributed by atoms with van der Waals surface area (Å²) in [5.74, 6) is -4.46. The first-order chi connectivity index (χ1) is 17.9. The standard InChI is InChI=1S/C26H30O12/c1-6-9-34-25(32)20-8-7-17(24(31)37-13-18(27)11-35-22(29)15(2)3)10-21(20)26(33)38-14-19(28)12-36-23(30)16(4)5/h6-10,18-19,27-28H,2,4,11-14H2,1,3,5H3/b9-6-. The molecule has 1 aromatic carbocycles. The Hall–Kier alpha value is -4.29. The Morgan fingerprint density at radius 1 is 0.763 bits per heavy atom. The Kier molecular flexibility index (Phi) is 13.1. The second-order valence-corrected chi connectivity index (χ2v) is 7.90. The maximum atomic E-state index is 12.7. The number of aliphatic hydroxyl groups excluding tert-OH is 2. The summed E-state index contributed by atoms with van der Waals surface area (Å²) in [4.78, 5) is 60.4. The van der Waals surface area contributed by atoms with Gasteiger partial charge in [-0.2, -0.15) is 0 Å². The molecule has 0 aliphatic carbocycles. The van der Waals surface area contributed by atoms with Gasteiger partial charge >= 0.3 is 29.8 Å². The summed E-state index contributed by atoms with van der Waals surface area (Å²) >= 11 is 0. The minimum atomic E-state index is -1.38. The van der Waals surface area contributed by atoms with E-state index in [0.717, 1.165) is 18.4 Å². The molecule has 12 heteroatoms. The number of benzene rings is 1. The van der Waals surface area contributed by atoms with E-state index in [1.807, 2.05) is 0 Å². The monoisotopic (exact) mass is 534 g/mol. The van der Waals surface area contributed by atoms with E-state index in [-0.39, 0.29) is 27.8 Å². The number of hydrogen-bond acceptors (Lipinski definition) is 12. The van der Waals surface area contributed by atoms with Gasteiger partial charge in [-0.15, -0.1) is 0 Å². The van der Waals surface area contributed by atoms with Crippen molar-refractivity contribution in [1.82, 2.24) is 0 Å². The first-order valence-electron chi connectivity index (χ1n) is 11.2. The quantitative estimate of drug-likeness (QED) is 0.153. The van der Waals surface area contributed by atoms with Gasteiger partial charge in [0, 0.05) is 11.1 Å². The molecule has 1 aromatic rings. The molecule has 206 valence electrons. The average molecular weight is 535 g/mol. The van der Waals surface area contributed by atoms with Crippen LogP contribution in [0.5, 0.6) is 0 Å². The van der Waals surface area contributed by atoms with E-state index >= 15 is 0 Å². The molecule has 1 rings (SSSR count). The normalized spacial score (nSPS) is 12.1. The lowest BCUT2D eigenvalue weighted by Gasteiger charge is -2.14. The fourth-order valence-corrected chi connectivity index (χ4v) is 2.40. The minimum absolute atomic E-state index is 0.113. The number of esters is 5. The molecule has 0 bridgehead atoms. The predicted molar refractivity (Wildman–Crippen MR) is 131 cm³/mol.